The second-order valence-electron chi connectivity index (χ2n) is 2.84. The van der Waals surface area contributed by atoms with E-state index in [9.17, 15) is 12.8 Å². The number of hydrogen-bond donors (Lipinski definition) is 0. The van der Waals surface area contributed by atoms with Gasteiger partial charge in [-0.2, -0.15) is 8.42 Å². The van der Waals surface area contributed by atoms with Gasteiger partial charge in [0.25, 0.3) is 10.1 Å². The summed E-state index contributed by atoms with van der Waals surface area (Å²) in [7, 11) is -3.58. The van der Waals surface area contributed by atoms with E-state index in [0.717, 1.165) is 12.5 Å². The minimum Gasteiger partial charge on any atom is -0.262 e. The smallest absolute Gasteiger partial charge is 0.262 e. The van der Waals surface area contributed by atoms with E-state index in [0.29, 0.717) is 0 Å². The van der Waals surface area contributed by atoms with E-state index < -0.39 is 22.0 Å². The Morgan fingerprint density at radius 3 is 2.71 bits per heavy atom. The van der Waals surface area contributed by atoms with Crippen molar-refractivity contribution in [3.63, 3.8) is 0 Å². The third-order valence-electron chi connectivity index (χ3n) is 1.56. The second-order valence-corrected chi connectivity index (χ2v) is 4.44. The fourth-order valence-electron chi connectivity index (χ4n) is 1.03. The first kappa shape index (κ1) is 11.1. The maximum Gasteiger partial charge on any atom is 0.264 e. The first-order chi connectivity index (χ1) is 6.40. The zero-order chi connectivity index (χ0) is 10.8. The average molecular weight is 219 g/mol. The molecule has 0 fully saturated rings. The average Bonchev–Trinajstić information content (AvgIpc) is 2.01. The summed E-state index contributed by atoms with van der Waals surface area (Å²) < 4.78 is 39.2. The lowest BCUT2D eigenvalue weighted by Gasteiger charge is -2.11. The largest absolute Gasteiger partial charge is 0.264 e. The molecule has 0 spiro atoms. The third-order valence-corrected chi connectivity index (χ3v) is 2.20. The van der Waals surface area contributed by atoms with Crippen LogP contribution in [-0.2, 0) is 14.3 Å². The van der Waals surface area contributed by atoms with Crippen LogP contribution in [0.3, 0.4) is 0 Å². The highest BCUT2D eigenvalue weighted by Crippen LogP contribution is 2.20. The van der Waals surface area contributed by atoms with Gasteiger partial charge in [-0.3, -0.25) is 9.17 Å². The molecule has 1 aromatic heterocycles. The summed E-state index contributed by atoms with van der Waals surface area (Å²) in [5.41, 5.74) is 0.172. The number of halogens is 1. The van der Waals surface area contributed by atoms with Crippen LogP contribution in [0.4, 0.5) is 4.39 Å². The van der Waals surface area contributed by atoms with E-state index in [1.165, 1.54) is 19.2 Å². The van der Waals surface area contributed by atoms with Crippen molar-refractivity contribution in [1.82, 2.24) is 4.98 Å². The number of hydrogen-bond acceptors (Lipinski definition) is 4. The molecule has 1 aromatic rings. The molecule has 1 unspecified atom stereocenters. The molecule has 1 rings (SSSR count). The van der Waals surface area contributed by atoms with E-state index >= 15 is 0 Å². The highest BCUT2D eigenvalue weighted by atomic mass is 32.2. The maximum atomic E-state index is 13.1. The molecule has 78 valence electrons. The highest BCUT2D eigenvalue weighted by molar-refractivity contribution is 7.86. The molecule has 0 amide bonds. The van der Waals surface area contributed by atoms with E-state index in [4.69, 9.17) is 0 Å². The summed E-state index contributed by atoms with van der Waals surface area (Å²) >= 11 is 0. The maximum absolute atomic E-state index is 13.1. The van der Waals surface area contributed by atoms with Gasteiger partial charge in [0.2, 0.25) is 0 Å². The number of aromatic nitrogens is 1. The predicted octanol–water partition coefficient (Wildman–Crippen LogP) is 1.26. The van der Waals surface area contributed by atoms with Gasteiger partial charge in [0.1, 0.15) is 11.9 Å². The molecule has 0 aliphatic carbocycles. The molecule has 0 radical (unpaired) electrons. The summed E-state index contributed by atoms with van der Waals surface area (Å²) in [6.07, 6.45) is 2.47. The van der Waals surface area contributed by atoms with Crippen molar-refractivity contribution in [2.75, 3.05) is 6.26 Å². The Labute approximate surface area is 81.9 Å². The van der Waals surface area contributed by atoms with Gasteiger partial charge in [-0.25, -0.2) is 4.39 Å². The number of rotatable bonds is 3. The monoisotopic (exact) mass is 219 g/mol. The van der Waals surface area contributed by atoms with Gasteiger partial charge >= 0.3 is 0 Å². The minimum absolute atomic E-state index is 0.172. The molecule has 0 aromatic carbocycles. The van der Waals surface area contributed by atoms with E-state index in [2.05, 4.69) is 9.17 Å². The van der Waals surface area contributed by atoms with Crippen LogP contribution in [-0.4, -0.2) is 19.7 Å². The molecule has 4 nitrogen and oxygen atoms in total. The van der Waals surface area contributed by atoms with Crippen LogP contribution < -0.4 is 0 Å². The van der Waals surface area contributed by atoms with Crippen molar-refractivity contribution in [3.8, 4) is 0 Å². The quantitative estimate of drug-likeness (QED) is 0.718. The van der Waals surface area contributed by atoms with Gasteiger partial charge in [0.15, 0.2) is 0 Å². The normalized spacial score (nSPS) is 13.9. The number of pyridine rings is 1. The summed E-state index contributed by atoms with van der Waals surface area (Å²) in [5.74, 6) is -0.580. The van der Waals surface area contributed by atoms with E-state index in [1.807, 2.05) is 0 Å². The van der Waals surface area contributed by atoms with Crippen LogP contribution in [0.2, 0.25) is 0 Å². The van der Waals surface area contributed by atoms with Gasteiger partial charge in [-0.15, -0.1) is 0 Å². The summed E-state index contributed by atoms with van der Waals surface area (Å²) in [6.45, 7) is 1.46. The Bertz CT molecular complexity index is 418. The topological polar surface area (TPSA) is 56.3 Å². The van der Waals surface area contributed by atoms with Crippen molar-refractivity contribution >= 4 is 10.1 Å². The van der Waals surface area contributed by atoms with Crippen molar-refractivity contribution in [1.29, 1.82) is 0 Å². The molecule has 0 saturated carbocycles. The minimum atomic E-state index is -3.58. The SMILES string of the molecule is CC(OS(C)(=O)=O)c1ccncc1F. The standard InChI is InChI=1S/C8H10FNO3S/c1-6(13-14(2,11)12)7-3-4-10-5-8(7)9/h3-6H,1-2H3. The highest BCUT2D eigenvalue weighted by Gasteiger charge is 2.15. The third kappa shape index (κ3) is 3.04. The molecule has 14 heavy (non-hydrogen) atoms. The predicted molar refractivity (Wildman–Crippen MR) is 48.5 cm³/mol. The summed E-state index contributed by atoms with van der Waals surface area (Å²) in [6, 6.07) is 1.38. The summed E-state index contributed by atoms with van der Waals surface area (Å²) in [5, 5.41) is 0. The first-order valence-electron chi connectivity index (χ1n) is 3.88. The Balaban J connectivity index is 2.90. The Hall–Kier alpha value is -1.01. The Morgan fingerprint density at radius 2 is 2.21 bits per heavy atom. The molecule has 1 atom stereocenters. The lowest BCUT2D eigenvalue weighted by molar-refractivity contribution is 0.231. The zero-order valence-corrected chi connectivity index (χ0v) is 8.58. The molecule has 6 heteroatoms. The molecule has 0 aliphatic heterocycles. The van der Waals surface area contributed by atoms with Crippen molar-refractivity contribution in [2.24, 2.45) is 0 Å². The Kier molecular flexibility index (Phi) is 3.17. The van der Waals surface area contributed by atoms with E-state index in [1.54, 1.807) is 0 Å². The number of nitrogens with zero attached hydrogens (tertiary/aromatic N) is 1. The second kappa shape index (κ2) is 4.02. The van der Waals surface area contributed by atoms with Crippen LogP contribution >= 0.6 is 0 Å². The molecular weight excluding hydrogens is 209 g/mol. The fraction of sp³-hybridized carbons (Fsp3) is 0.375. The fourth-order valence-corrected chi connectivity index (χ4v) is 1.66. The molecule has 0 saturated heterocycles. The molecule has 0 aliphatic rings. The van der Waals surface area contributed by atoms with Gasteiger partial charge in [-0.1, -0.05) is 0 Å². The lowest BCUT2D eigenvalue weighted by Crippen LogP contribution is -2.09. The van der Waals surface area contributed by atoms with Crippen LogP contribution in [0.25, 0.3) is 0 Å². The van der Waals surface area contributed by atoms with Crippen molar-refractivity contribution in [2.45, 2.75) is 13.0 Å². The molecule has 0 N–H and O–H groups in total. The van der Waals surface area contributed by atoms with Crippen molar-refractivity contribution < 1.29 is 17.0 Å². The van der Waals surface area contributed by atoms with Gasteiger partial charge < -0.3 is 0 Å². The van der Waals surface area contributed by atoms with Gasteiger partial charge in [-0.05, 0) is 13.0 Å². The van der Waals surface area contributed by atoms with Gasteiger partial charge in [0.05, 0.1) is 12.5 Å². The van der Waals surface area contributed by atoms with Crippen molar-refractivity contribution in [3.05, 3.63) is 29.8 Å². The van der Waals surface area contributed by atoms with E-state index in [-0.39, 0.29) is 5.56 Å². The van der Waals surface area contributed by atoms with Crippen LogP contribution in [0.1, 0.15) is 18.6 Å². The van der Waals surface area contributed by atoms with Crippen LogP contribution in [0.15, 0.2) is 18.5 Å². The van der Waals surface area contributed by atoms with Gasteiger partial charge in [0, 0.05) is 11.8 Å². The first-order valence-corrected chi connectivity index (χ1v) is 5.69. The Morgan fingerprint density at radius 1 is 1.57 bits per heavy atom. The lowest BCUT2D eigenvalue weighted by atomic mass is 10.2. The molecule has 0 bridgehead atoms. The zero-order valence-electron chi connectivity index (χ0n) is 7.77. The summed E-state index contributed by atoms with van der Waals surface area (Å²) in [4.78, 5) is 3.54. The molecule has 1 heterocycles. The molecular formula is C8H10FNO3S. The van der Waals surface area contributed by atoms with Crippen LogP contribution in [0.5, 0.6) is 0 Å². The van der Waals surface area contributed by atoms with Crippen LogP contribution in [0, 0.1) is 5.82 Å².